The molecule has 0 bridgehead atoms. The Labute approximate surface area is 138 Å². The molecule has 0 aliphatic heterocycles. The van der Waals surface area contributed by atoms with Crippen molar-refractivity contribution in [3.05, 3.63) is 65.2 Å². The van der Waals surface area contributed by atoms with E-state index < -0.39 is 0 Å². The summed E-state index contributed by atoms with van der Waals surface area (Å²) in [6.07, 6.45) is 0. The number of nitrogens with zero attached hydrogens (tertiary/aromatic N) is 2. The molecule has 5 heteroatoms. The van der Waals surface area contributed by atoms with Crippen molar-refractivity contribution in [1.29, 1.82) is 0 Å². The quantitative estimate of drug-likeness (QED) is 0.516. The van der Waals surface area contributed by atoms with Gasteiger partial charge in [0, 0.05) is 11.1 Å². The Morgan fingerprint density at radius 2 is 1.83 bits per heavy atom. The van der Waals surface area contributed by atoms with Crippen LogP contribution in [0.2, 0.25) is 0 Å². The van der Waals surface area contributed by atoms with E-state index in [0.717, 1.165) is 11.1 Å². The molecule has 23 heavy (non-hydrogen) atoms. The summed E-state index contributed by atoms with van der Waals surface area (Å²) in [5, 5.41) is 8.40. The number of Topliss-reactive ketones (excluding diaryl/α,β-unsaturated/α-hetero) is 1. The van der Waals surface area contributed by atoms with Crippen LogP contribution < -0.4 is 0 Å². The molecule has 0 N–H and O–H groups in total. The number of carbonyl (C=O) groups excluding carboxylic acids is 1. The first-order valence-corrected chi connectivity index (χ1v) is 8.24. The lowest BCUT2D eigenvalue weighted by Gasteiger charge is -2.03. The summed E-state index contributed by atoms with van der Waals surface area (Å²) >= 11 is 1.26. The topological polar surface area (TPSA) is 56.0 Å². The van der Waals surface area contributed by atoms with Crippen molar-refractivity contribution in [2.24, 2.45) is 0 Å². The fraction of sp³-hybridized carbons (Fsp3) is 0.167. The predicted molar refractivity (Wildman–Crippen MR) is 90.7 cm³/mol. The first-order valence-electron chi connectivity index (χ1n) is 7.25. The van der Waals surface area contributed by atoms with E-state index in [-0.39, 0.29) is 11.5 Å². The van der Waals surface area contributed by atoms with Crippen LogP contribution in [0.4, 0.5) is 0 Å². The number of aryl methyl sites for hydroxylation is 2. The van der Waals surface area contributed by atoms with Crippen molar-refractivity contribution in [3.63, 3.8) is 0 Å². The normalized spacial score (nSPS) is 10.7. The summed E-state index contributed by atoms with van der Waals surface area (Å²) in [7, 11) is 0. The molecule has 1 aromatic heterocycles. The number of hydrogen-bond donors (Lipinski definition) is 0. The molecule has 0 radical (unpaired) electrons. The summed E-state index contributed by atoms with van der Waals surface area (Å²) in [6.45, 7) is 4.03. The molecule has 3 rings (SSSR count). The van der Waals surface area contributed by atoms with Gasteiger partial charge in [0.15, 0.2) is 5.78 Å². The highest BCUT2D eigenvalue weighted by Crippen LogP contribution is 2.23. The van der Waals surface area contributed by atoms with E-state index in [9.17, 15) is 4.79 Å². The van der Waals surface area contributed by atoms with Gasteiger partial charge in [-0.25, -0.2) is 0 Å². The average molecular weight is 324 g/mol. The number of thioether (sulfide) groups is 1. The summed E-state index contributed by atoms with van der Waals surface area (Å²) < 4.78 is 5.59. The number of hydrogen-bond acceptors (Lipinski definition) is 5. The van der Waals surface area contributed by atoms with Gasteiger partial charge in [-0.05, 0) is 43.2 Å². The average Bonchev–Trinajstić information content (AvgIpc) is 3.05. The second-order valence-corrected chi connectivity index (χ2v) is 6.18. The Morgan fingerprint density at radius 3 is 2.57 bits per heavy atom. The maximum absolute atomic E-state index is 12.2. The summed E-state index contributed by atoms with van der Waals surface area (Å²) in [5.41, 5.74) is 3.87. The third-order valence-electron chi connectivity index (χ3n) is 3.58. The summed E-state index contributed by atoms with van der Waals surface area (Å²) in [4.78, 5) is 12.2. The Balaban J connectivity index is 1.65. The maximum Gasteiger partial charge on any atom is 0.277 e. The molecule has 0 aliphatic rings. The van der Waals surface area contributed by atoms with E-state index in [2.05, 4.69) is 10.2 Å². The number of carbonyl (C=O) groups is 1. The van der Waals surface area contributed by atoms with Crippen LogP contribution in [-0.2, 0) is 0 Å². The minimum absolute atomic E-state index is 0.0533. The number of benzene rings is 2. The van der Waals surface area contributed by atoms with E-state index in [1.54, 1.807) is 0 Å². The monoisotopic (exact) mass is 324 g/mol. The second kappa shape index (κ2) is 6.79. The van der Waals surface area contributed by atoms with Crippen LogP contribution in [0.3, 0.4) is 0 Å². The van der Waals surface area contributed by atoms with Crippen molar-refractivity contribution in [1.82, 2.24) is 10.2 Å². The molecule has 0 spiro atoms. The molecule has 116 valence electrons. The van der Waals surface area contributed by atoms with Crippen LogP contribution in [0.25, 0.3) is 11.5 Å². The minimum atomic E-state index is 0.0533. The third-order valence-corrected chi connectivity index (χ3v) is 4.40. The molecule has 0 amide bonds. The Hall–Kier alpha value is -2.40. The Bertz CT molecular complexity index is 828. The van der Waals surface area contributed by atoms with Gasteiger partial charge in [-0.1, -0.05) is 42.1 Å². The fourth-order valence-corrected chi connectivity index (χ4v) is 2.75. The van der Waals surface area contributed by atoms with Crippen LogP contribution in [0.15, 0.2) is 58.2 Å². The standard InChI is InChI=1S/C18H16N2O2S/c1-12-8-9-15(10-13(12)2)16(21)11-23-18-20-19-17(22-18)14-6-4-3-5-7-14/h3-10H,11H2,1-2H3. The van der Waals surface area contributed by atoms with E-state index in [4.69, 9.17) is 4.42 Å². The zero-order valence-corrected chi connectivity index (χ0v) is 13.8. The van der Waals surface area contributed by atoms with Gasteiger partial charge in [0.2, 0.25) is 5.89 Å². The molecule has 0 saturated heterocycles. The Kier molecular flexibility index (Phi) is 4.57. The van der Waals surface area contributed by atoms with Gasteiger partial charge >= 0.3 is 0 Å². The Morgan fingerprint density at radius 1 is 1.04 bits per heavy atom. The molecule has 2 aromatic carbocycles. The van der Waals surface area contributed by atoms with Crippen molar-refractivity contribution >= 4 is 17.5 Å². The molecule has 0 unspecified atom stereocenters. The van der Waals surface area contributed by atoms with Gasteiger partial charge in [0.05, 0.1) is 5.75 Å². The molecule has 0 aliphatic carbocycles. The SMILES string of the molecule is Cc1ccc(C(=O)CSc2nnc(-c3ccccc3)o2)cc1C. The highest BCUT2D eigenvalue weighted by atomic mass is 32.2. The van der Waals surface area contributed by atoms with Gasteiger partial charge < -0.3 is 4.42 Å². The van der Waals surface area contributed by atoms with Gasteiger partial charge in [-0.3, -0.25) is 4.79 Å². The fourth-order valence-electron chi connectivity index (χ4n) is 2.09. The first kappa shape index (κ1) is 15.5. The van der Waals surface area contributed by atoms with Crippen LogP contribution in [0.1, 0.15) is 21.5 Å². The zero-order valence-electron chi connectivity index (χ0n) is 12.9. The van der Waals surface area contributed by atoms with Gasteiger partial charge in [0.1, 0.15) is 0 Å². The predicted octanol–water partition coefficient (Wildman–Crippen LogP) is 4.33. The van der Waals surface area contributed by atoms with Crippen molar-refractivity contribution in [3.8, 4) is 11.5 Å². The molecular weight excluding hydrogens is 308 g/mol. The largest absolute Gasteiger partial charge is 0.411 e. The molecule has 0 atom stereocenters. The highest BCUT2D eigenvalue weighted by molar-refractivity contribution is 7.99. The van der Waals surface area contributed by atoms with E-state index >= 15 is 0 Å². The second-order valence-electron chi connectivity index (χ2n) is 5.25. The number of rotatable bonds is 5. The van der Waals surface area contributed by atoms with Crippen LogP contribution in [-0.4, -0.2) is 21.7 Å². The van der Waals surface area contributed by atoms with Crippen LogP contribution in [0.5, 0.6) is 0 Å². The molecular formula is C18H16N2O2S. The van der Waals surface area contributed by atoms with E-state index in [0.29, 0.717) is 16.7 Å². The lowest BCUT2D eigenvalue weighted by atomic mass is 10.0. The third kappa shape index (κ3) is 3.68. The molecule has 0 saturated carbocycles. The van der Waals surface area contributed by atoms with Gasteiger partial charge in [0.25, 0.3) is 5.22 Å². The zero-order chi connectivity index (χ0) is 16.2. The summed E-state index contributed by atoms with van der Waals surface area (Å²) in [6, 6.07) is 15.3. The minimum Gasteiger partial charge on any atom is -0.411 e. The highest BCUT2D eigenvalue weighted by Gasteiger charge is 2.12. The molecule has 4 nitrogen and oxygen atoms in total. The smallest absolute Gasteiger partial charge is 0.277 e. The molecule has 3 aromatic rings. The summed E-state index contributed by atoms with van der Waals surface area (Å²) in [5.74, 6) is 0.795. The maximum atomic E-state index is 12.2. The number of ketones is 1. The lowest BCUT2D eigenvalue weighted by Crippen LogP contribution is -2.03. The van der Waals surface area contributed by atoms with Crippen molar-refractivity contribution in [2.45, 2.75) is 19.1 Å². The first-order chi connectivity index (χ1) is 11.1. The lowest BCUT2D eigenvalue weighted by molar-refractivity contribution is 0.102. The van der Waals surface area contributed by atoms with Gasteiger partial charge in [-0.2, -0.15) is 0 Å². The molecule has 0 fully saturated rings. The van der Waals surface area contributed by atoms with Crippen molar-refractivity contribution in [2.75, 3.05) is 5.75 Å². The van der Waals surface area contributed by atoms with Gasteiger partial charge in [-0.15, -0.1) is 10.2 Å². The van der Waals surface area contributed by atoms with Crippen LogP contribution in [0, 0.1) is 13.8 Å². The van der Waals surface area contributed by atoms with E-state index in [1.807, 2.05) is 62.4 Å². The van der Waals surface area contributed by atoms with E-state index in [1.165, 1.54) is 17.3 Å². The number of aromatic nitrogens is 2. The van der Waals surface area contributed by atoms with Crippen molar-refractivity contribution < 1.29 is 9.21 Å². The molecule has 1 heterocycles. The van der Waals surface area contributed by atoms with Crippen LogP contribution >= 0.6 is 11.8 Å².